The molecular formula is C24H30O6. The molecule has 1 atom stereocenters. The van der Waals surface area contributed by atoms with Crippen LogP contribution in [0.25, 0.3) is 6.08 Å². The first-order chi connectivity index (χ1) is 14.6. The average Bonchev–Trinajstić information content (AvgIpc) is 2.75. The van der Waals surface area contributed by atoms with E-state index < -0.39 is 6.10 Å². The SMILES string of the molecule is CCOC(=O)CCCCCOc1c(C=CC(O)CCc2ccccc2)occc1=O. The number of carbonyl (C=O) groups excluding carboxylic acids is 1. The van der Waals surface area contributed by atoms with Crippen molar-refractivity contribution in [3.8, 4) is 5.75 Å². The van der Waals surface area contributed by atoms with E-state index in [1.165, 1.54) is 12.3 Å². The number of esters is 1. The van der Waals surface area contributed by atoms with E-state index in [-0.39, 0.29) is 22.9 Å². The van der Waals surface area contributed by atoms with Crippen LogP contribution in [-0.4, -0.2) is 30.4 Å². The van der Waals surface area contributed by atoms with E-state index in [0.29, 0.717) is 38.9 Å². The lowest BCUT2D eigenvalue weighted by Crippen LogP contribution is -2.10. The molecule has 0 bridgehead atoms. The Morgan fingerprint density at radius 1 is 1.17 bits per heavy atom. The number of aliphatic hydroxyl groups is 1. The van der Waals surface area contributed by atoms with E-state index >= 15 is 0 Å². The molecule has 2 aromatic rings. The molecule has 0 radical (unpaired) electrons. The molecule has 0 spiro atoms. The van der Waals surface area contributed by atoms with Gasteiger partial charge in [-0.1, -0.05) is 36.4 Å². The summed E-state index contributed by atoms with van der Waals surface area (Å²) in [7, 11) is 0. The van der Waals surface area contributed by atoms with E-state index in [1.807, 2.05) is 30.3 Å². The standard InChI is InChI=1S/C24H30O6/c1-2-28-23(27)11-7-4-8-17-30-24-21(26)16-18-29-22(24)15-14-20(25)13-12-19-9-5-3-6-10-19/h3,5-6,9-10,14-16,18,20,25H,2,4,7-8,11-13,17H2,1H3. The second-order valence-electron chi connectivity index (χ2n) is 6.89. The predicted octanol–water partition coefficient (Wildman–Crippen LogP) is 4.15. The van der Waals surface area contributed by atoms with Crippen LogP contribution in [0.1, 0.15) is 50.4 Å². The van der Waals surface area contributed by atoms with Crippen LogP contribution in [0.3, 0.4) is 0 Å². The lowest BCUT2D eigenvalue weighted by Gasteiger charge is -2.08. The Balaban J connectivity index is 1.81. The zero-order valence-electron chi connectivity index (χ0n) is 17.4. The van der Waals surface area contributed by atoms with Crippen molar-refractivity contribution in [2.24, 2.45) is 0 Å². The van der Waals surface area contributed by atoms with Crippen LogP contribution in [0, 0.1) is 0 Å². The van der Waals surface area contributed by atoms with E-state index in [0.717, 1.165) is 18.4 Å². The van der Waals surface area contributed by atoms with Gasteiger partial charge in [0.15, 0.2) is 5.76 Å². The van der Waals surface area contributed by atoms with Crippen molar-refractivity contribution in [1.82, 2.24) is 0 Å². The summed E-state index contributed by atoms with van der Waals surface area (Å²) in [5, 5.41) is 10.2. The third kappa shape index (κ3) is 8.66. The Kier molecular flexibility index (Phi) is 10.4. The van der Waals surface area contributed by atoms with Crippen molar-refractivity contribution in [3.05, 3.63) is 70.3 Å². The number of unbranched alkanes of at least 4 members (excludes halogenated alkanes) is 2. The van der Waals surface area contributed by atoms with Crippen LogP contribution in [0.5, 0.6) is 5.75 Å². The van der Waals surface area contributed by atoms with Gasteiger partial charge in [-0.15, -0.1) is 0 Å². The Morgan fingerprint density at radius 3 is 2.73 bits per heavy atom. The van der Waals surface area contributed by atoms with Gasteiger partial charge >= 0.3 is 5.97 Å². The van der Waals surface area contributed by atoms with E-state index in [2.05, 4.69) is 0 Å². The number of carbonyl (C=O) groups is 1. The van der Waals surface area contributed by atoms with Crippen molar-refractivity contribution in [1.29, 1.82) is 0 Å². The quantitative estimate of drug-likeness (QED) is 0.391. The molecule has 1 N–H and O–H groups in total. The summed E-state index contributed by atoms with van der Waals surface area (Å²) >= 11 is 0. The number of hydrogen-bond donors (Lipinski definition) is 1. The maximum atomic E-state index is 12.1. The van der Waals surface area contributed by atoms with Crippen molar-refractivity contribution in [2.45, 2.75) is 51.6 Å². The first-order valence-electron chi connectivity index (χ1n) is 10.4. The summed E-state index contributed by atoms with van der Waals surface area (Å²) in [6.45, 7) is 2.52. The molecule has 0 aliphatic carbocycles. The van der Waals surface area contributed by atoms with Gasteiger partial charge in [-0.3, -0.25) is 9.59 Å². The van der Waals surface area contributed by atoms with Gasteiger partial charge in [0.2, 0.25) is 11.2 Å². The van der Waals surface area contributed by atoms with E-state index in [1.54, 1.807) is 19.1 Å². The van der Waals surface area contributed by atoms with Gasteiger partial charge in [0.1, 0.15) is 0 Å². The summed E-state index contributed by atoms with van der Waals surface area (Å²) in [6, 6.07) is 11.2. The third-order valence-corrected chi connectivity index (χ3v) is 4.48. The molecule has 1 aromatic heterocycles. The molecule has 1 heterocycles. The van der Waals surface area contributed by atoms with Crippen LogP contribution in [-0.2, 0) is 16.0 Å². The monoisotopic (exact) mass is 414 g/mol. The second kappa shape index (κ2) is 13.4. The molecule has 0 fully saturated rings. The van der Waals surface area contributed by atoms with E-state index in [9.17, 15) is 14.7 Å². The van der Waals surface area contributed by atoms with Crippen LogP contribution >= 0.6 is 0 Å². The van der Waals surface area contributed by atoms with Crippen molar-refractivity contribution in [3.63, 3.8) is 0 Å². The minimum atomic E-state index is -0.661. The smallest absolute Gasteiger partial charge is 0.305 e. The van der Waals surface area contributed by atoms with Gasteiger partial charge in [0.05, 0.1) is 25.6 Å². The summed E-state index contributed by atoms with van der Waals surface area (Å²) in [5.74, 6) is 0.225. The summed E-state index contributed by atoms with van der Waals surface area (Å²) < 4.78 is 15.9. The molecule has 6 nitrogen and oxygen atoms in total. The van der Waals surface area contributed by atoms with E-state index in [4.69, 9.17) is 13.9 Å². The lowest BCUT2D eigenvalue weighted by atomic mass is 10.1. The molecule has 30 heavy (non-hydrogen) atoms. The molecule has 0 amide bonds. The minimum Gasteiger partial charge on any atom is -0.486 e. The molecule has 0 aliphatic heterocycles. The van der Waals surface area contributed by atoms with Crippen LogP contribution < -0.4 is 10.2 Å². The number of hydrogen-bond acceptors (Lipinski definition) is 6. The average molecular weight is 414 g/mol. The van der Waals surface area contributed by atoms with Gasteiger partial charge in [-0.05, 0) is 50.7 Å². The molecule has 0 aliphatic rings. The Morgan fingerprint density at radius 2 is 1.97 bits per heavy atom. The molecule has 0 saturated heterocycles. The molecule has 6 heteroatoms. The zero-order valence-corrected chi connectivity index (χ0v) is 17.4. The van der Waals surface area contributed by atoms with Crippen molar-refractivity contribution < 1.29 is 23.8 Å². The number of aliphatic hydroxyl groups excluding tert-OH is 1. The van der Waals surface area contributed by atoms with Crippen LogP contribution in [0.15, 0.2) is 57.9 Å². The molecule has 1 aromatic carbocycles. The predicted molar refractivity (Wildman–Crippen MR) is 115 cm³/mol. The van der Waals surface area contributed by atoms with Gasteiger partial charge in [-0.25, -0.2) is 0 Å². The lowest BCUT2D eigenvalue weighted by molar-refractivity contribution is -0.143. The summed E-state index contributed by atoms with van der Waals surface area (Å²) in [4.78, 5) is 23.4. The van der Waals surface area contributed by atoms with Gasteiger partial charge < -0.3 is 19.0 Å². The number of rotatable bonds is 13. The topological polar surface area (TPSA) is 86.0 Å². The molecular weight excluding hydrogens is 384 g/mol. The normalized spacial score (nSPS) is 12.1. The molecule has 0 saturated carbocycles. The Labute approximate surface area is 177 Å². The minimum absolute atomic E-state index is 0.134. The zero-order chi connectivity index (χ0) is 21.6. The Bertz CT molecular complexity index is 840. The first-order valence-corrected chi connectivity index (χ1v) is 10.4. The molecule has 2 rings (SSSR count). The first kappa shape index (κ1) is 23.4. The highest BCUT2D eigenvalue weighted by Gasteiger charge is 2.10. The van der Waals surface area contributed by atoms with Gasteiger partial charge in [0, 0.05) is 12.5 Å². The number of ether oxygens (including phenoxy) is 2. The highest BCUT2D eigenvalue weighted by atomic mass is 16.5. The van der Waals surface area contributed by atoms with Crippen LogP contribution in [0.4, 0.5) is 0 Å². The maximum Gasteiger partial charge on any atom is 0.305 e. The third-order valence-electron chi connectivity index (χ3n) is 4.48. The van der Waals surface area contributed by atoms with Crippen molar-refractivity contribution in [2.75, 3.05) is 13.2 Å². The van der Waals surface area contributed by atoms with Crippen molar-refractivity contribution >= 4 is 12.0 Å². The summed E-state index contributed by atoms with van der Waals surface area (Å²) in [6.07, 6.45) is 7.74. The fraction of sp³-hybridized carbons (Fsp3) is 0.417. The highest BCUT2D eigenvalue weighted by molar-refractivity contribution is 5.69. The molecule has 1 unspecified atom stereocenters. The second-order valence-corrected chi connectivity index (χ2v) is 6.89. The Hall–Kier alpha value is -2.86. The maximum absolute atomic E-state index is 12.1. The number of aryl methyl sites for hydroxylation is 1. The van der Waals surface area contributed by atoms with Gasteiger partial charge in [0.25, 0.3) is 0 Å². The summed E-state index contributed by atoms with van der Waals surface area (Å²) in [5.41, 5.74) is 0.884. The largest absolute Gasteiger partial charge is 0.486 e. The highest BCUT2D eigenvalue weighted by Crippen LogP contribution is 2.17. The fourth-order valence-corrected chi connectivity index (χ4v) is 2.89. The van der Waals surface area contributed by atoms with Gasteiger partial charge in [-0.2, -0.15) is 0 Å². The fourth-order valence-electron chi connectivity index (χ4n) is 2.89. The molecule has 162 valence electrons. The van der Waals surface area contributed by atoms with Crippen LogP contribution in [0.2, 0.25) is 0 Å². The number of benzene rings is 1.